The second kappa shape index (κ2) is 15.6. The van der Waals surface area contributed by atoms with Gasteiger partial charge >= 0.3 is 0 Å². The van der Waals surface area contributed by atoms with Crippen LogP contribution in [0, 0.1) is 0 Å². The molecule has 64 heavy (non-hydrogen) atoms. The number of hydrogen-bond donors (Lipinski definition) is 0. The first kappa shape index (κ1) is 37.0. The molecule has 0 aliphatic rings. The molecule has 0 aliphatic heterocycles. The average Bonchev–Trinajstić information content (AvgIpc) is 3.37. The zero-order valence-corrected chi connectivity index (χ0v) is 34.3. The summed E-state index contributed by atoms with van der Waals surface area (Å²) in [4.78, 5) is 34.5. The highest BCUT2D eigenvalue weighted by molar-refractivity contribution is 5.96. The van der Waals surface area contributed by atoms with Crippen molar-refractivity contribution in [2.75, 3.05) is 0 Å². The molecule has 0 aliphatic carbocycles. The molecular weight excluding hydrogens is 783 g/mol. The summed E-state index contributed by atoms with van der Waals surface area (Å²) >= 11 is 0. The lowest BCUT2D eigenvalue weighted by Crippen LogP contribution is -2.03. The van der Waals surface area contributed by atoms with Crippen molar-refractivity contribution in [1.29, 1.82) is 0 Å². The lowest BCUT2D eigenvalue weighted by atomic mass is 9.92. The molecule has 0 N–H and O–H groups in total. The van der Waals surface area contributed by atoms with Crippen LogP contribution in [-0.2, 0) is 0 Å². The highest BCUT2D eigenvalue weighted by Crippen LogP contribution is 2.37. The Hall–Kier alpha value is -8.81. The molecule has 7 aromatic carbocycles. The Morgan fingerprint density at radius 3 is 1.16 bits per heavy atom. The lowest BCUT2D eigenvalue weighted by Gasteiger charge is -2.14. The third kappa shape index (κ3) is 6.87. The molecule has 0 saturated carbocycles. The van der Waals surface area contributed by atoms with Gasteiger partial charge in [-0.15, -0.1) is 0 Å². The van der Waals surface area contributed by atoms with E-state index in [0.717, 1.165) is 93.4 Å². The predicted octanol–water partition coefficient (Wildman–Crippen LogP) is 13.7. The Bertz CT molecular complexity index is 3520. The van der Waals surface area contributed by atoms with E-state index in [9.17, 15) is 0 Å². The number of pyridine rings is 4. The minimum absolute atomic E-state index is 0.471. The number of benzene rings is 7. The standard InChI is InChI=1S/C57H35N7/c1-3-17-49-36(9-1)23-27-60-53(49)56-62-55(63-57(64-56)54-50-18-4-2-10-37(50)24-28-61-54)48-34-46(40-13-5-11-38(29-40)42-19-21-51-44(31-42)15-7-25-58-51)33-47(35-48)41-14-6-12-39(30-41)43-20-22-52-45(32-43)16-8-26-59-52/h1-35H. The van der Waals surface area contributed by atoms with E-state index in [1.54, 1.807) is 0 Å². The molecule has 0 bridgehead atoms. The molecule has 12 rings (SSSR count). The van der Waals surface area contributed by atoms with Crippen molar-refractivity contribution in [2.45, 2.75) is 0 Å². The Balaban J connectivity index is 1.07. The van der Waals surface area contributed by atoms with Crippen molar-refractivity contribution in [3.05, 3.63) is 213 Å². The van der Waals surface area contributed by atoms with Crippen molar-refractivity contribution in [3.8, 4) is 78.9 Å². The van der Waals surface area contributed by atoms with Crippen LogP contribution in [0.15, 0.2) is 213 Å². The molecule has 7 nitrogen and oxygen atoms in total. The Morgan fingerprint density at radius 2 is 0.641 bits per heavy atom. The van der Waals surface area contributed by atoms with E-state index in [-0.39, 0.29) is 0 Å². The second-order valence-electron chi connectivity index (χ2n) is 15.9. The fourth-order valence-corrected chi connectivity index (χ4v) is 8.67. The van der Waals surface area contributed by atoms with Gasteiger partial charge in [0.15, 0.2) is 17.5 Å². The molecular formula is C57H35N7. The van der Waals surface area contributed by atoms with E-state index >= 15 is 0 Å². The number of nitrogens with zero attached hydrogens (tertiary/aromatic N) is 7. The van der Waals surface area contributed by atoms with Crippen LogP contribution in [0.1, 0.15) is 0 Å². The smallest absolute Gasteiger partial charge is 0.183 e. The van der Waals surface area contributed by atoms with Crippen molar-refractivity contribution in [2.24, 2.45) is 0 Å². The summed E-state index contributed by atoms with van der Waals surface area (Å²) in [5.41, 5.74) is 12.7. The molecule has 5 heterocycles. The molecule has 0 amide bonds. The summed E-state index contributed by atoms with van der Waals surface area (Å²) in [6, 6.07) is 65.5. The molecule has 0 spiro atoms. The van der Waals surface area contributed by atoms with Gasteiger partial charge in [-0.25, -0.2) is 15.0 Å². The molecule has 0 saturated heterocycles. The van der Waals surface area contributed by atoms with E-state index in [0.29, 0.717) is 28.9 Å². The summed E-state index contributed by atoms with van der Waals surface area (Å²) in [6.45, 7) is 0. The number of hydrogen-bond acceptors (Lipinski definition) is 7. The summed E-state index contributed by atoms with van der Waals surface area (Å²) in [6.07, 6.45) is 7.29. The maximum Gasteiger partial charge on any atom is 0.183 e. The molecule has 12 aromatic rings. The minimum Gasteiger partial charge on any atom is -0.256 e. The fraction of sp³-hybridized carbons (Fsp3) is 0. The van der Waals surface area contributed by atoms with Gasteiger partial charge in [0, 0.05) is 51.9 Å². The van der Waals surface area contributed by atoms with Crippen molar-refractivity contribution < 1.29 is 0 Å². The van der Waals surface area contributed by atoms with Gasteiger partial charge in [0.05, 0.1) is 11.0 Å². The lowest BCUT2D eigenvalue weighted by molar-refractivity contribution is 1.05. The first-order valence-electron chi connectivity index (χ1n) is 21.2. The molecule has 0 fully saturated rings. The van der Waals surface area contributed by atoms with Gasteiger partial charge in [-0.2, -0.15) is 0 Å². The summed E-state index contributed by atoms with van der Waals surface area (Å²) < 4.78 is 0. The van der Waals surface area contributed by atoms with Crippen molar-refractivity contribution in [3.63, 3.8) is 0 Å². The van der Waals surface area contributed by atoms with Gasteiger partial charge in [-0.3, -0.25) is 19.9 Å². The monoisotopic (exact) mass is 817 g/mol. The Kier molecular flexibility index (Phi) is 9.01. The zero-order valence-electron chi connectivity index (χ0n) is 34.3. The first-order valence-corrected chi connectivity index (χ1v) is 21.2. The number of fused-ring (bicyclic) bond motifs is 4. The minimum atomic E-state index is 0.471. The van der Waals surface area contributed by atoms with Crippen LogP contribution in [0.3, 0.4) is 0 Å². The predicted molar refractivity (Wildman–Crippen MR) is 259 cm³/mol. The molecule has 298 valence electrons. The average molecular weight is 818 g/mol. The quantitative estimate of drug-likeness (QED) is 0.158. The third-order valence-corrected chi connectivity index (χ3v) is 11.9. The Morgan fingerprint density at radius 1 is 0.234 bits per heavy atom. The van der Waals surface area contributed by atoms with Crippen molar-refractivity contribution in [1.82, 2.24) is 34.9 Å². The fourth-order valence-electron chi connectivity index (χ4n) is 8.67. The van der Waals surface area contributed by atoms with Gasteiger partial charge in [0.2, 0.25) is 0 Å². The molecule has 7 heteroatoms. The van der Waals surface area contributed by atoms with Crippen LogP contribution in [-0.4, -0.2) is 34.9 Å². The van der Waals surface area contributed by atoms with Gasteiger partial charge < -0.3 is 0 Å². The highest BCUT2D eigenvalue weighted by Gasteiger charge is 2.19. The molecule has 5 aromatic heterocycles. The van der Waals surface area contributed by atoms with Gasteiger partial charge in [0.25, 0.3) is 0 Å². The van der Waals surface area contributed by atoms with E-state index in [2.05, 4.69) is 149 Å². The first-order chi connectivity index (χ1) is 31.7. The van der Waals surface area contributed by atoms with Crippen molar-refractivity contribution >= 4 is 43.4 Å². The van der Waals surface area contributed by atoms with E-state index in [1.807, 2.05) is 73.3 Å². The van der Waals surface area contributed by atoms with Gasteiger partial charge in [-0.05, 0) is 134 Å². The van der Waals surface area contributed by atoms with Crippen LogP contribution in [0.4, 0.5) is 0 Å². The highest BCUT2D eigenvalue weighted by atomic mass is 15.1. The van der Waals surface area contributed by atoms with E-state index in [4.69, 9.17) is 24.9 Å². The van der Waals surface area contributed by atoms with Crippen LogP contribution in [0.25, 0.3) is 122 Å². The largest absolute Gasteiger partial charge is 0.256 e. The van der Waals surface area contributed by atoms with Crippen LogP contribution < -0.4 is 0 Å². The van der Waals surface area contributed by atoms with Gasteiger partial charge in [-0.1, -0.05) is 109 Å². The normalized spacial score (nSPS) is 11.4. The van der Waals surface area contributed by atoms with Gasteiger partial charge in [0.1, 0.15) is 11.4 Å². The number of aromatic nitrogens is 7. The topological polar surface area (TPSA) is 90.2 Å². The Labute approximate surface area is 368 Å². The van der Waals surface area contributed by atoms with E-state index in [1.165, 1.54) is 0 Å². The van der Waals surface area contributed by atoms with Crippen LogP contribution in [0.5, 0.6) is 0 Å². The zero-order chi connectivity index (χ0) is 42.4. The molecule has 0 radical (unpaired) electrons. The van der Waals surface area contributed by atoms with Crippen LogP contribution >= 0.6 is 0 Å². The molecule has 0 unspecified atom stereocenters. The maximum absolute atomic E-state index is 5.26. The van der Waals surface area contributed by atoms with Crippen LogP contribution in [0.2, 0.25) is 0 Å². The number of rotatable bonds is 7. The third-order valence-electron chi connectivity index (χ3n) is 11.9. The summed E-state index contributed by atoms with van der Waals surface area (Å²) in [5, 5.41) is 6.20. The second-order valence-corrected chi connectivity index (χ2v) is 15.9. The SMILES string of the molecule is c1cc(-c2cc(-c3cccc(-c4ccc5ncccc5c4)c3)cc(-c3nc(-c4nccc5ccccc45)nc(-c4nccc5ccccc45)n3)c2)cc(-c2ccc3ncccc3c2)c1. The summed E-state index contributed by atoms with van der Waals surface area (Å²) in [5.74, 6) is 1.46. The summed E-state index contributed by atoms with van der Waals surface area (Å²) in [7, 11) is 0. The van der Waals surface area contributed by atoms with E-state index < -0.39 is 0 Å². The maximum atomic E-state index is 5.26. The molecule has 0 atom stereocenters.